The van der Waals surface area contributed by atoms with Crippen molar-refractivity contribution in [2.45, 2.75) is 51.0 Å². The first-order valence-corrected chi connectivity index (χ1v) is 18.1. The predicted octanol–water partition coefficient (Wildman–Crippen LogP) is 9.51. The second kappa shape index (κ2) is 17.8. The summed E-state index contributed by atoms with van der Waals surface area (Å²) in [5.74, 6) is -1.86. The number of para-hydroxylation sites is 2. The molecule has 1 aliphatic rings. The first-order valence-electron chi connectivity index (χ1n) is 18.1. The highest BCUT2D eigenvalue weighted by Crippen LogP contribution is 2.35. The third-order valence-corrected chi connectivity index (χ3v) is 9.49. The van der Waals surface area contributed by atoms with Gasteiger partial charge in [0.15, 0.2) is 5.75 Å². The maximum absolute atomic E-state index is 14.1. The van der Waals surface area contributed by atoms with E-state index in [0.717, 1.165) is 35.1 Å². The molecule has 1 unspecified atom stereocenters. The van der Waals surface area contributed by atoms with E-state index in [2.05, 4.69) is 84.2 Å². The van der Waals surface area contributed by atoms with E-state index >= 15 is 0 Å². The topological polar surface area (TPSA) is 122 Å². The van der Waals surface area contributed by atoms with E-state index in [4.69, 9.17) is 20.4 Å². The molecule has 2 amide bonds. The van der Waals surface area contributed by atoms with Crippen molar-refractivity contribution in [2.24, 2.45) is 5.73 Å². The standard InChI is InChI=1S/C43H39N3O3.C2HF3O2/c44-28-31-9-7-13-35(27-31)49-41-18-6-5-17-40(41)46(43(48)26-25-42(47)45-39-24-23-33-11-2-4-15-38(33)39)29-30-19-21-34(22-20-30)37-16-8-12-32-10-1-3-14-36(32)37;3-2(4,5)1(6)7/h1-22,27,39H,23-26,28-29,44H2,(H,45,47);(H,6,7). The molecular formula is C45H40F3N3O5. The summed E-state index contributed by atoms with van der Waals surface area (Å²) in [7, 11) is 0. The normalized spacial score (nSPS) is 13.2. The minimum atomic E-state index is -5.08. The van der Waals surface area contributed by atoms with Gasteiger partial charge in [0.2, 0.25) is 11.8 Å². The average molecular weight is 760 g/mol. The SMILES string of the molecule is NCc1cccc(Oc2ccccc2N(Cc2ccc(-c3cccc4ccccc34)cc2)C(=O)CCC(=O)NC2CCc3ccccc32)c1.O=C(O)C(F)(F)F. The van der Waals surface area contributed by atoms with Gasteiger partial charge in [-0.05, 0) is 81.3 Å². The number of aliphatic carboxylic acids is 1. The number of carboxylic acid groups (broad SMARTS) is 1. The minimum Gasteiger partial charge on any atom is -0.475 e. The summed E-state index contributed by atoms with van der Waals surface area (Å²) in [6.07, 6.45) is -3.12. The van der Waals surface area contributed by atoms with Crippen molar-refractivity contribution in [1.29, 1.82) is 0 Å². The van der Waals surface area contributed by atoms with Gasteiger partial charge in [-0.1, -0.05) is 115 Å². The van der Waals surface area contributed by atoms with E-state index in [1.54, 1.807) is 4.90 Å². The number of nitrogens with zero attached hydrogens (tertiary/aromatic N) is 1. The molecule has 1 atom stereocenters. The molecule has 56 heavy (non-hydrogen) atoms. The van der Waals surface area contributed by atoms with Crippen LogP contribution < -0.4 is 20.7 Å². The first-order chi connectivity index (χ1) is 27.0. The van der Waals surface area contributed by atoms with Gasteiger partial charge in [-0.25, -0.2) is 4.79 Å². The molecule has 11 heteroatoms. The molecule has 0 spiro atoms. The zero-order valence-electron chi connectivity index (χ0n) is 30.3. The molecule has 0 heterocycles. The zero-order chi connectivity index (χ0) is 39.7. The van der Waals surface area contributed by atoms with Crippen molar-refractivity contribution in [3.63, 3.8) is 0 Å². The van der Waals surface area contributed by atoms with Gasteiger partial charge >= 0.3 is 12.1 Å². The fourth-order valence-corrected chi connectivity index (χ4v) is 6.72. The summed E-state index contributed by atoms with van der Waals surface area (Å²) in [4.78, 5) is 37.9. The summed E-state index contributed by atoms with van der Waals surface area (Å²) in [6, 6.07) is 46.4. The summed E-state index contributed by atoms with van der Waals surface area (Å²) < 4.78 is 38.1. The van der Waals surface area contributed by atoms with E-state index in [-0.39, 0.29) is 30.7 Å². The number of carbonyl (C=O) groups excluding carboxylic acids is 2. The van der Waals surface area contributed by atoms with Gasteiger partial charge in [0.25, 0.3) is 0 Å². The number of ether oxygens (including phenoxy) is 1. The fourth-order valence-electron chi connectivity index (χ4n) is 6.72. The highest BCUT2D eigenvalue weighted by Gasteiger charge is 2.38. The number of hydrogen-bond acceptors (Lipinski definition) is 5. The number of carbonyl (C=O) groups is 3. The van der Waals surface area contributed by atoms with Crippen LogP contribution in [0.1, 0.15) is 47.6 Å². The van der Waals surface area contributed by atoms with Gasteiger partial charge in [-0.15, -0.1) is 0 Å². The van der Waals surface area contributed by atoms with Crippen LogP contribution in [0.25, 0.3) is 21.9 Å². The van der Waals surface area contributed by atoms with Crippen LogP contribution in [-0.4, -0.2) is 29.1 Å². The van der Waals surface area contributed by atoms with Gasteiger partial charge in [0, 0.05) is 19.4 Å². The van der Waals surface area contributed by atoms with E-state index in [1.165, 1.54) is 21.9 Å². The first kappa shape index (κ1) is 39.2. The number of fused-ring (bicyclic) bond motifs is 2. The Morgan fingerprint density at radius 1 is 0.786 bits per heavy atom. The Kier molecular flexibility index (Phi) is 12.5. The quantitative estimate of drug-likeness (QED) is 0.121. The van der Waals surface area contributed by atoms with Crippen molar-refractivity contribution in [3.05, 3.63) is 162 Å². The number of carboxylic acids is 1. The number of halogens is 3. The van der Waals surface area contributed by atoms with Crippen LogP contribution in [-0.2, 0) is 33.9 Å². The summed E-state index contributed by atoms with van der Waals surface area (Å²) in [5.41, 5.74) is 13.1. The molecule has 0 bridgehead atoms. The summed E-state index contributed by atoms with van der Waals surface area (Å²) in [5, 5.41) is 12.7. The average Bonchev–Trinajstić information content (AvgIpc) is 3.61. The van der Waals surface area contributed by atoms with Crippen LogP contribution in [0, 0.1) is 0 Å². The minimum absolute atomic E-state index is 0.0198. The van der Waals surface area contributed by atoms with Crippen LogP contribution in [0.2, 0.25) is 0 Å². The Bertz CT molecular complexity index is 2320. The molecule has 8 nitrogen and oxygen atoms in total. The summed E-state index contributed by atoms with van der Waals surface area (Å²) >= 11 is 0. The maximum Gasteiger partial charge on any atom is 0.490 e. The number of anilines is 1. The predicted molar refractivity (Wildman–Crippen MR) is 210 cm³/mol. The summed E-state index contributed by atoms with van der Waals surface area (Å²) in [6.45, 7) is 0.711. The van der Waals surface area contributed by atoms with Crippen molar-refractivity contribution in [2.75, 3.05) is 4.90 Å². The van der Waals surface area contributed by atoms with E-state index in [1.807, 2.05) is 60.7 Å². The molecule has 0 radical (unpaired) electrons. The molecule has 6 aromatic rings. The zero-order valence-corrected chi connectivity index (χ0v) is 30.3. The number of nitrogens with two attached hydrogens (primary N) is 1. The lowest BCUT2D eigenvalue weighted by Crippen LogP contribution is -2.33. The monoisotopic (exact) mass is 759 g/mol. The Balaban J connectivity index is 0.000000695. The van der Waals surface area contributed by atoms with Crippen molar-refractivity contribution in [1.82, 2.24) is 5.32 Å². The third-order valence-electron chi connectivity index (χ3n) is 9.49. The number of hydrogen-bond donors (Lipinski definition) is 3. The molecule has 0 aromatic heterocycles. The molecule has 7 rings (SSSR count). The number of alkyl halides is 3. The van der Waals surface area contributed by atoms with Crippen LogP contribution in [0.4, 0.5) is 18.9 Å². The maximum atomic E-state index is 14.1. The molecular weight excluding hydrogens is 720 g/mol. The van der Waals surface area contributed by atoms with E-state index < -0.39 is 12.1 Å². The van der Waals surface area contributed by atoms with E-state index in [0.29, 0.717) is 30.3 Å². The number of aryl methyl sites for hydroxylation is 1. The molecule has 0 fully saturated rings. The smallest absolute Gasteiger partial charge is 0.475 e. The Morgan fingerprint density at radius 3 is 2.23 bits per heavy atom. The molecule has 4 N–H and O–H groups in total. The van der Waals surface area contributed by atoms with Gasteiger partial charge in [-0.2, -0.15) is 13.2 Å². The van der Waals surface area contributed by atoms with Gasteiger partial charge in [0.05, 0.1) is 18.3 Å². The lowest BCUT2D eigenvalue weighted by molar-refractivity contribution is -0.192. The third kappa shape index (κ3) is 9.79. The van der Waals surface area contributed by atoms with E-state index in [9.17, 15) is 22.8 Å². The van der Waals surface area contributed by atoms with Gasteiger partial charge < -0.3 is 25.8 Å². The fraction of sp³-hybridized carbons (Fsp3) is 0.178. The molecule has 0 saturated heterocycles. The van der Waals surface area contributed by atoms with Crippen molar-refractivity contribution < 1.29 is 37.4 Å². The lowest BCUT2D eigenvalue weighted by atomic mass is 9.97. The Morgan fingerprint density at radius 2 is 1.46 bits per heavy atom. The number of amides is 2. The van der Waals surface area contributed by atoms with Crippen LogP contribution >= 0.6 is 0 Å². The van der Waals surface area contributed by atoms with Crippen LogP contribution in [0.15, 0.2) is 140 Å². The molecule has 0 aliphatic heterocycles. The highest BCUT2D eigenvalue weighted by molar-refractivity contribution is 5.98. The second-order valence-electron chi connectivity index (χ2n) is 13.3. The number of rotatable bonds is 11. The van der Waals surface area contributed by atoms with Crippen LogP contribution in [0.3, 0.4) is 0 Å². The van der Waals surface area contributed by atoms with Crippen molar-refractivity contribution in [3.8, 4) is 22.6 Å². The molecule has 6 aromatic carbocycles. The molecule has 286 valence electrons. The van der Waals surface area contributed by atoms with Crippen molar-refractivity contribution >= 4 is 34.2 Å². The largest absolute Gasteiger partial charge is 0.490 e. The molecule has 0 saturated carbocycles. The Labute approximate surface area is 322 Å². The molecule has 1 aliphatic carbocycles. The second-order valence-corrected chi connectivity index (χ2v) is 13.3. The Hall–Kier alpha value is -6.46. The van der Waals surface area contributed by atoms with Gasteiger partial charge in [0.1, 0.15) is 5.75 Å². The number of nitrogens with one attached hydrogen (secondary N) is 1. The lowest BCUT2D eigenvalue weighted by Gasteiger charge is -2.26. The van der Waals surface area contributed by atoms with Crippen LogP contribution in [0.5, 0.6) is 11.5 Å². The highest BCUT2D eigenvalue weighted by atomic mass is 19.4. The van der Waals surface area contributed by atoms with Gasteiger partial charge in [-0.3, -0.25) is 9.59 Å². The number of benzene rings is 6.